The molecule has 72 valence electrons. The molecule has 0 atom stereocenters. The normalized spacial score (nSPS) is 10.4. The maximum Gasteiger partial charge on any atom is 0.0556 e. The number of hydrogen-bond donors (Lipinski definition) is 2. The SMILES string of the molecule is CNCc1cc(Br)cc(CNC)n1. The highest BCUT2D eigenvalue weighted by molar-refractivity contribution is 9.10. The minimum absolute atomic E-state index is 0.802. The van der Waals surface area contributed by atoms with Gasteiger partial charge in [-0.25, -0.2) is 0 Å². The van der Waals surface area contributed by atoms with Crippen LogP contribution in [0.25, 0.3) is 0 Å². The van der Waals surface area contributed by atoms with Crippen molar-refractivity contribution in [1.82, 2.24) is 15.6 Å². The summed E-state index contributed by atoms with van der Waals surface area (Å²) in [5, 5.41) is 6.15. The number of nitrogens with zero attached hydrogens (tertiary/aromatic N) is 1. The van der Waals surface area contributed by atoms with Crippen LogP contribution in [0.4, 0.5) is 0 Å². The van der Waals surface area contributed by atoms with Crippen molar-refractivity contribution in [3.05, 3.63) is 28.0 Å². The van der Waals surface area contributed by atoms with Crippen LogP contribution in [0, 0.1) is 0 Å². The van der Waals surface area contributed by atoms with Gasteiger partial charge in [-0.15, -0.1) is 0 Å². The Morgan fingerprint density at radius 2 is 1.62 bits per heavy atom. The zero-order valence-corrected chi connectivity index (χ0v) is 9.48. The summed E-state index contributed by atoms with van der Waals surface area (Å²) in [4.78, 5) is 4.46. The van der Waals surface area contributed by atoms with Crippen molar-refractivity contribution in [2.45, 2.75) is 13.1 Å². The summed E-state index contributed by atoms with van der Waals surface area (Å²) in [6.45, 7) is 1.60. The molecule has 1 heterocycles. The first kappa shape index (κ1) is 10.6. The Labute approximate surface area is 87.1 Å². The van der Waals surface area contributed by atoms with Gasteiger partial charge in [0, 0.05) is 17.6 Å². The summed E-state index contributed by atoms with van der Waals surface area (Å²) in [5.41, 5.74) is 2.12. The third-order valence-electron chi connectivity index (χ3n) is 1.61. The summed E-state index contributed by atoms with van der Waals surface area (Å²) in [5.74, 6) is 0. The second-order valence-electron chi connectivity index (χ2n) is 2.83. The lowest BCUT2D eigenvalue weighted by Crippen LogP contribution is -2.11. The second-order valence-corrected chi connectivity index (χ2v) is 3.74. The molecule has 0 amide bonds. The fourth-order valence-corrected chi connectivity index (χ4v) is 1.68. The first-order valence-corrected chi connectivity index (χ1v) is 5.00. The van der Waals surface area contributed by atoms with E-state index in [1.807, 2.05) is 26.2 Å². The van der Waals surface area contributed by atoms with Gasteiger partial charge in [-0.1, -0.05) is 15.9 Å². The van der Waals surface area contributed by atoms with Crippen molar-refractivity contribution in [2.24, 2.45) is 0 Å². The van der Waals surface area contributed by atoms with E-state index in [0.29, 0.717) is 0 Å². The quantitative estimate of drug-likeness (QED) is 0.837. The molecule has 1 rings (SSSR count). The molecule has 0 bridgehead atoms. The van der Waals surface area contributed by atoms with E-state index in [9.17, 15) is 0 Å². The highest BCUT2D eigenvalue weighted by Gasteiger charge is 1.99. The number of aromatic nitrogens is 1. The number of pyridine rings is 1. The Bertz CT molecular complexity index is 251. The summed E-state index contributed by atoms with van der Waals surface area (Å²) in [6, 6.07) is 4.05. The van der Waals surface area contributed by atoms with E-state index < -0.39 is 0 Å². The summed E-state index contributed by atoms with van der Waals surface area (Å²) in [7, 11) is 3.83. The van der Waals surface area contributed by atoms with Crippen LogP contribution in [0.5, 0.6) is 0 Å². The monoisotopic (exact) mass is 243 g/mol. The van der Waals surface area contributed by atoms with Gasteiger partial charge in [0.15, 0.2) is 0 Å². The van der Waals surface area contributed by atoms with Crippen molar-refractivity contribution in [3.63, 3.8) is 0 Å². The summed E-state index contributed by atoms with van der Waals surface area (Å²) < 4.78 is 1.08. The molecule has 0 unspecified atom stereocenters. The van der Waals surface area contributed by atoms with Crippen LogP contribution >= 0.6 is 15.9 Å². The van der Waals surface area contributed by atoms with E-state index in [-0.39, 0.29) is 0 Å². The zero-order valence-electron chi connectivity index (χ0n) is 7.89. The van der Waals surface area contributed by atoms with E-state index in [4.69, 9.17) is 0 Å². The second kappa shape index (κ2) is 5.32. The Hall–Kier alpha value is -0.450. The van der Waals surface area contributed by atoms with Crippen LogP contribution in [-0.2, 0) is 13.1 Å². The van der Waals surface area contributed by atoms with Crippen molar-refractivity contribution < 1.29 is 0 Å². The van der Waals surface area contributed by atoms with Gasteiger partial charge in [-0.05, 0) is 26.2 Å². The molecule has 1 aromatic rings. The molecule has 4 heteroatoms. The lowest BCUT2D eigenvalue weighted by atomic mass is 10.3. The van der Waals surface area contributed by atoms with Gasteiger partial charge in [0.1, 0.15) is 0 Å². The van der Waals surface area contributed by atoms with E-state index in [2.05, 4.69) is 31.5 Å². The molecule has 0 aliphatic rings. The van der Waals surface area contributed by atoms with Crippen molar-refractivity contribution in [3.8, 4) is 0 Å². The van der Waals surface area contributed by atoms with Crippen LogP contribution < -0.4 is 10.6 Å². The Morgan fingerprint density at radius 3 is 2.00 bits per heavy atom. The van der Waals surface area contributed by atoms with Crippen molar-refractivity contribution in [2.75, 3.05) is 14.1 Å². The third kappa shape index (κ3) is 3.42. The lowest BCUT2D eigenvalue weighted by molar-refractivity contribution is 0.749. The Kier molecular flexibility index (Phi) is 4.35. The molecule has 1 aromatic heterocycles. The molecule has 0 aliphatic heterocycles. The molecule has 0 saturated heterocycles. The van der Waals surface area contributed by atoms with Gasteiger partial charge in [0.25, 0.3) is 0 Å². The maximum atomic E-state index is 4.46. The summed E-state index contributed by atoms with van der Waals surface area (Å²) >= 11 is 3.46. The Morgan fingerprint density at radius 1 is 1.15 bits per heavy atom. The van der Waals surface area contributed by atoms with E-state index in [1.165, 1.54) is 0 Å². The minimum Gasteiger partial charge on any atom is -0.314 e. The molecule has 0 saturated carbocycles. The molecular formula is C9H14BrN3. The predicted molar refractivity (Wildman–Crippen MR) is 57.5 cm³/mol. The molecule has 0 spiro atoms. The minimum atomic E-state index is 0.802. The fraction of sp³-hybridized carbons (Fsp3) is 0.444. The number of hydrogen-bond acceptors (Lipinski definition) is 3. The third-order valence-corrected chi connectivity index (χ3v) is 2.07. The molecule has 3 nitrogen and oxygen atoms in total. The van der Waals surface area contributed by atoms with Crippen LogP contribution in [0.3, 0.4) is 0 Å². The smallest absolute Gasteiger partial charge is 0.0556 e. The Balaban J connectivity index is 2.83. The lowest BCUT2D eigenvalue weighted by Gasteiger charge is -2.04. The maximum absolute atomic E-state index is 4.46. The molecular weight excluding hydrogens is 230 g/mol. The van der Waals surface area contributed by atoms with Crippen LogP contribution in [-0.4, -0.2) is 19.1 Å². The first-order valence-electron chi connectivity index (χ1n) is 4.21. The van der Waals surface area contributed by atoms with Crippen LogP contribution in [0.2, 0.25) is 0 Å². The standard InChI is InChI=1S/C9H14BrN3/c1-11-5-8-3-7(10)4-9(13-8)6-12-2/h3-4,11-12H,5-6H2,1-2H3. The first-order chi connectivity index (χ1) is 6.26. The largest absolute Gasteiger partial charge is 0.314 e. The van der Waals surface area contributed by atoms with Gasteiger partial charge < -0.3 is 10.6 Å². The van der Waals surface area contributed by atoms with Crippen molar-refractivity contribution in [1.29, 1.82) is 0 Å². The van der Waals surface area contributed by atoms with Crippen LogP contribution in [0.15, 0.2) is 16.6 Å². The molecule has 13 heavy (non-hydrogen) atoms. The average Bonchev–Trinajstić information content (AvgIpc) is 2.04. The molecule has 0 aliphatic carbocycles. The predicted octanol–water partition coefficient (Wildman–Crippen LogP) is 1.28. The van der Waals surface area contributed by atoms with Gasteiger partial charge in [0.2, 0.25) is 0 Å². The molecule has 0 radical (unpaired) electrons. The highest BCUT2D eigenvalue weighted by atomic mass is 79.9. The zero-order chi connectivity index (χ0) is 9.68. The number of rotatable bonds is 4. The summed E-state index contributed by atoms with van der Waals surface area (Å²) in [6.07, 6.45) is 0. The van der Waals surface area contributed by atoms with Crippen molar-refractivity contribution >= 4 is 15.9 Å². The molecule has 2 N–H and O–H groups in total. The van der Waals surface area contributed by atoms with E-state index in [1.54, 1.807) is 0 Å². The number of halogens is 1. The average molecular weight is 244 g/mol. The fourth-order valence-electron chi connectivity index (χ4n) is 1.15. The van der Waals surface area contributed by atoms with Crippen LogP contribution in [0.1, 0.15) is 11.4 Å². The topological polar surface area (TPSA) is 37.0 Å². The molecule has 0 aromatic carbocycles. The van der Waals surface area contributed by atoms with E-state index in [0.717, 1.165) is 29.0 Å². The van der Waals surface area contributed by atoms with Gasteiger partial charge >= 0.3 is 0 Å². The van der Waals surface area contributed by atoms with Gasteiger partial charge in [-0.2, -0.15) is 0 Å². The van der Waals surface area contributed by atoms with E-state index >= 15 is 0 Å². The van der Waals surface area contributed by atoms with Gasteiger partial charge in [-0.3, -0.25) is 4.98 Å². The van der Waals surface area contributed by atoms with Gasteiger partial charge in [0.05, 0.1) is 11.4 Å². The highest BCUT2D eigenvalue weighted by Crippen LogP contribution is 2.12. The molecule has 0 fully saturated rings. The number of nitrogens with one attached hydrogen (secondary N) is 2.